The number of para-hydroxylation sites is 1. The molecule has 0 aliphatic rings. The van der Waals surface area contributed by atoms with Crippen molar-refractivity contribution < 1.29 is 9.59 Å². The molecule has 0 saturated carbocycles. The van der Waals surface area contributed by atoms with Crippen molar-refractivity contribution in [1.82, 2.24) is 4.98 Å². The number of amides is 2. The Morgan fingerprint density at radius 3 is 2.50 bits per heavy atom. The average molecular weight is 290 g/mol. The van der Waals surface area contributed by atoms with E-state index in [1.807, 2.05) is 6.92 Å². The van der Waals surface area contributed by atoms with Crippen LogP contribution in [-0.4, -0.2) is 16.8 Å². The number of anilines is 2. The second kappa shape index (κ2) is 6.16. The van der Waals surface area contributed by atoms with Crippen LogP contribution in [0.25, 0.3) is 0 Å². The Hall–Kier alpha value is -2.40. The van der Waals surface area contributed by atoms with Crippen LogP contribution in [0.2, 0.25) is 5.02 Å². The molecule has 1 heterocycles. The summed E-state index contributed by atoms with van der Waals surface area (Å²) in [4.78, 5) is 27.4. The van der Waals surface area contributed by atoms with E-state index in [4.69, 9.17) is 11.6 Å². The SMILES string of the molecule is Cc1ccnc(NC(=O)C(=O)Nc2ccccc2Cl)c1. The lowest BCUT2D eigenvalue weighted by atomic mass is 10.3. The Morgan fingerprint density at radius 2 is 1.80 bits per heavy atom. The van der Waals surface area contributed by atoms with E-state index in [0.29, 0.717) is 16.5 Å². The number of nitrogens with zero attached hydrogens (tertiary/aromatic N) is 1. The molecule has 0 aliphatic heterocycles. The Kier molecular flexibility index (Phi) is 4.32. The van der Waals surface area contributed by atoms with Gasteiger partial charge in [-0.1, -0.05) is 23.7 Å². The topological polar surface area (TPSA) is 71.1 Å². The fourth-order valence-corrected chi connectivity index (χ4v) is 1.70. The quantitative estimate of drug-likeness (QED) is 0.835. The van der Waals surface area contributed by atoms with E-state index in [0.717, 1.165) is 5.56 Å². The van der Waals surface area contributed by atoms with E-state index in [-0.39, 0.29) is 0 Å². The minimum absolute atomic E-state index is 0.323. The van der Waals surface area contributed by atoms with Gasteiger partial charge in [0.05, 0.1) is 10.7 Å². The first-order chi connectivity index (χ1) is 9.56. The van der Waals surface area contributed by atoms with Crippen LogP contribution in [0, 0.1) is 6.92 Å². The van der Waals surface area contributed by atoms with Crippen molar-refractivity contribution in [2.45, 2.75) is 6.92 Å². The van der Waals surface area contributed by atoms with Crippen molar-refractivity contribution in [2.24, 2.45) is 0 Å². The van der Waals surface area contributed by atoms with E-state index in [9.17, 15) is 9.59 Å². The number of halogens is 1. The molecule has 1 aromatic heterocycles. The van der Waals surface area contributed by atoms with Crippen LogP contribution >= 0.6 is 11.6 Å². The number of pyridine rings is 1. The van der Waals surface area contributed by atoms with Gasteiger partial charge in [0.2, 0.25) is 0 Å². The van der Waals surface area contributed by atoms with Gasteiger partial charge in [-0.25, -0.2) is 4.98 Å². The van der Waals surface area contributed by atoms with Crippen LogP contribution in [0.1, 0.15) is 5.56 Å². The predicted molar refractivity (Wildman–Crippen MR) is 77.7 cm³/mol. The first-order valence-electron chi connectivity index (χ1n) is 5.86. The highest BCUT2D eigenvalue weighted by atomic mass is 35.5. The van der Waals surface area contributed by atoms with E-state index < -0.39 is 11.8 Å². The molecule has 0 aliphatic carbocycles. The van der Waals surface area contributed by atoms with Crippen molar-refractivity contribution in [3.05, 3.63) is 53.2 Å². The van der Waals surface area contributed by atoms with E-state index in [1.165, 1.54) is 0 Å². The second-order valence-corrected chi connectivity index (χ2v) is 4.51. The summed E-state index contributed by atoms with van der Waals surface area (Å²) in [6, 6.07) is 10.1. The van der Waals surface area contributed by atoms with Gasteiger partial charge >= 0.3 is 11.8 Å². The minimum Gasteiger partial charge on any atom is -0.316 e. The maximum Gasteiger partial charge on any atom is 0.315 e. The first-order valence-corrected chi connectivity index (χ1v) is 6.23. The molecular weight excluding hydrogens is 278 g/mol. The smallest absolute Gasteiger partial charge is 0.315 e. The zero-order valence-electron chi connectivity index (χ0n) is 10.7. The highest BCUT2D eigenvalue weighted by Crippen LogP contribution is 2.20. The molecule has 1 aromatic carbocycles. The van der Waals surface area contributed by atoms with Gasteiger partial charge in [-0.05, 0) is 36.8 Å². The van der Waals surface area contributed by atoms with Crippen LogP contribution in [0.5, 0.6) is 0 Å². The molecule has 2 aromatic rings. The van der Waals surface area contributed by atoms with Crippen LogP contribution in [0.4, 0.5) is 11.5 Å². The van der Waals surface area contributed by atoms with Gasteiger partial charge in [-0.15, -0.1) is 0 Å². The highest BCUT2D eigenvalue weighted by molar-refractivity contribution is 6.44. The first kappa shape index (κ1) is 14.0. The van der Waals surface area contributed by atoms with Gasteiger partial charge in [-0.2, -0.15) is 0 Å². The van der Waals surface area contributed by atoms with E-state index in [2.05, 4.69) is 15.6 Å². The number of carbonyl (C=O) groups is 2. The summed E-state index contributed by atoms with van der Waals surface area (Å²) < 4.78 is 0. The van der Waals surface area contributed by atoms with Gasteiger partial charge in [0.25, 0.3) is 0 Å². The highest BCUT2D eigenvalue weighted by Gasteiger charge is 2.15. The van der Waals surface area contributed by atoms with Crippen LogP contribution in [-0.2, 0) is 9.59 Å². The van der Waals surface area contributed by atoms with Crippen LogP contribution < -0.4 is 10.6 Å². The van der Waals surface area contributed by atoms with Crippen molar-refractivity contribution >= 4 is 34.9 Å². The van der Waals surface area contributed by atoms with Gasteiger partial charge in [-0.3, -0.25) is 9.59 Å². The number of hydrogen-bond donors (Lipinski definition) is 2. The molecule has 2 rings (SSSR count). The lowest BCUT2D eigenvalue weighted by Gasteiger charge is -2.07. The second-order valence-electron chi connectivity index (χ2n) is 4.11. The third-order valence-corrected chi connectivity index (χ3v) is 2.81. The summed E-state index contributed by atoms with van der Waals surface area (Å²) in [6.07, 6.45) is 1.55. The van der Waals surface area contributed by atoms with Crippen LogP contribution in [0.3, 0.4) is 0 Å². The molecule has 0 fully saturated rings. The van der Waals surface area contributed by atoms with Crippen molar-refractivity contribution in [3.63, 3.8) is 0 Å². The fourth-order valence-electron chi connectivity index (χ4n) is 1.52. The summed E-state index contributed by atoms with van der Waals surface area (Å²) >= 11 is 5.90. The average Bonchev–Trinajstić information content (AvgIpc) is 2.41. The number of benzene rings is 1. The Balaban J connectivity index is 2.03. The molecule has 0 spiro atoms. The van der Waals surface area contributed by atoms with Gasteiger partial charge in [0.15, 0.2) is 0 Å². The molecule has 20 heavy (non-hydrogen) atoms. The van der Waals surface area contributed by atoms with Gasteiger partial charge < -0.3 is 10.6 Å². The maximum absolute atomic E-state index is 11.7. The molecule has 6 heteroatoms. The lowest BCUT2D eigenvalue weighted by Crippen LogP contribution is -2.29. The molecule has 2 amide bonds. The van der Waals surface area contributed by atoms with Gasteiger partial charge in [0.1, 0.15) is 5.82 Å². The zero-order valence-corrected chi connectivity index (χ0v) is 11.4. The monoisotopic (exact) mass is 289 g/mol. The molecule has 2 N–H and O–H groups in total. The van der Waals surface area contributed by atoms with E-state index in [1.54, 1.807) is 42.6 Å². The number of hydrogen-bond acceptors (Lipinski definition) is 3. The van der Waals surface area contributed by atoms with E-state index >= 15 is 0 Å². The lowest BCUT2D eigenvalue weighted by molar-refractivity contribution is -0.133. The molecule has 102 valence electrons. The zero-order chi connectivity index (χ0) is 14.5. The van der Waals surface area contributed by atoms with Crippen molar-refractivity contribution in [3.8, 4) is 0 Å². The van der Waals surface area contributed by atoms with Crippen molar-refractivity contribution in [2.75, 3.05) is 10.6 Å². The summed E-state index contributed by atoms with van der Waals surface area (Å²) in [5.74, 6) is -1.28. The molecule has 0 saturated heterocycles. The van der Waals surface area contributed by atoms with Gasteiger partial charge in [0, 0.05) is 6.20 Å². The predicted octanol–water partition coefficient (Wildman–Crippen LogP) is 2.62. The standard InChI is InChI=1S/C14H12ClN3O2/c1-9-6-7-16-12(8-9)18-14(20)13(19)17-11-5-3-2-4-10(11)15/h2-8H,1H3,(H,17,19)(H,16,18,20). The molecule has 0 radical (unpaired) electrons. The molecule has 0 atom stereocenters. The number of carbonyl (C=O) groups excluding carboxylic acids is 2. The maximum atomic E-state index is 11.7. The summed E-state index contributed by atoms with van der Waals surface area (Å²) in [7, 11) is 0. The molecule has 5 nitrogen and oxygen atoms in total. The largest absolute Gasteiger partial charge is 0.316 e. The summed E-state index contributed by atoms with van der Waals surface area (Å²) in [6.45, 7) is 1.86. The summed E-state index contributed by atoms with van der Waals surface area (Å²) in [5.41, 5.74) is 1.31. The molecular formula is C14H12ClN3O2. The number of aryl methyl sites for hydroxylation is 1. The Bertz CT molecular complexity index is 658. The summed E-state index contributed by atoms with van der Waals surface area (Å²) in [5, 5.41) is 5.21. The third kappa shape index (κ3) is 3.55. The number of nitrogens with one attached hydrogen (secondary N) is 2. The fraction of sp³-hybridized carbons (Fsp3) is 0.0714. The minimum atomic E-state index is -0.804. The molecule has 0 bridgehead atoms. The van der Waals surface area contributed by atoms with Crippen molar-refractivity contribution in [1.29, 1.82) is 0 Å². The van der Waals surface area contributed by atoms with Crippen LogP contribution in [0.15, 0.2) is 42.6 Å². The Morgan fingerprint density at radius 1 is 1.10 bits per heavy atom. The number of rotatable bonds is 2. The third-order valence-electron chi connectivity index (χ3n) is 2.49. The normalized spacial score (nSPS) is 9.90. The number of aromatic nitrogens is 1. The molecule has 0 unspecified atom stereocenters. The Labute approximate surface area is 121 Å².